The highest BCUT2D eigenvalue weighted by molar-refractivity contribution is 9.10. The van der Waals surface area contributed by atoms with E-state index in [0.29, 0.717) is 26.2 Å². The number of urea groups is 1. The molecular weight excluding hydrogens is 470 g/mol. The average molecular weight is 490 g/mol. The van der Waals surface area contributed by atoms with Crippen LogP contribution in [-0.4, -0.2) is 41.3 Å². The lowest BCUT2D eigenvalue weighted by molar-refractivity contribution is -0.130. The van der Waals surface area contributed by atoms with Gasteiger partial charge in [0.15, 0.2) is 5.78 Å². The minimum Gasteiger partial charge on any atom is -0.325 e. The Morgan fingerprint density at radius 2 is 1.90 bits per heavy atom. The van der Waals surface area contributed by atoms with Crippen molar-refractivity contribution < 1.29 is 19.2 Å². The van der Waals surface area contributed by atoms with Crippen LogP contribution in [0.5, 0.6) is 0 Å². The molecule has 0 radical (unpaired) electrons. The van der Waals surface area contributed by atoms with Gasteiger partial charge in [-0.3, -0.25) is 19.3 Å². The number of hydrogen-bond donors (Lipinski definition) is 2. The van der Waals surface area contributed by atoms with E-state index in [1.54, 1.807) is 43.3 Å². The van der Waals surface area contributed by atoms with Crippen molar-refractivity contribution >= 4 is 57.0 Å². The molecule has 0 bridgehead atoms. The van der Waals surface area contributed by atoms with Crippen LogP contribution in [0, 0.1) is 0 Å². The summed E-state index contributed by atoms with van der Waals surface area (Å²) in [6, 6.07) is 11.4. The number of amides is 4. The molecule has 7 nitrogen and oxygen atoms in total. The maximum absolute atomic E-state index is 13.1. The van der Waals surface area contributed by atoms with E-state index in [9.17, 15) is 19.2 Å². The molecule has 1 unspecified atom stereocenters. The largest absolute Gasteiger partial charge is 0.325 e. The number of nitrogens with one attached hydrogen (secondary N) is 2. The number of halogens is 1. The number of nitrogens with zero attached hydrogens (tertiary/aromatic N) is 1. The third-order valence-electron chi connectivity index (χ3n) is 4.82. The van der Waals surface area contributed by atoms with Gasteiger partial charge in [0.2, 0.25) is 5.91 Å². The zero-order valence-electron chi connectivity index (χ0n) is 16.6. The van der Waals surface area contributed by atoms with Gasteiger partial charge in [-0.1, -0.05) is 34.1 Å². The lowest BCUT2D eigenvalue weighted by Gasteiger charge is -2.23. The molecule has 1 aliphatic rings. The fourth-order valence-electron chi connectivity index (χ4n) is 3.28. The number of anilines is 1. The van der Waals surface area contributed by atoms with Gasteiger partial charge in [0, 0.05) is 27.4 Å². The zero-order chi connectivity index (χ0) is 22.1. The predicted molar refractivity (Wildman–Crippen MR) is 119 cm³/mol. The van der Waals surface area contributed by atoms with Crippen LogP contribution < -0.4 is 10.6 Å². The molecule has 0 aliphatic carbocycles. The average Bonchev–Trinajstić information content (AvgIpc) is 2.91. The highest BCUT2D eigenvalue weighted by Crippen LogP contribution is 2.34. The molecule has 3 rings (SSSR count). The Morgan fingerprint density at radius 3 is 2.53 bits per heavy atom. The maximum atomic E-state index is 13.1. The van der Waals surface area contributed by atoms with E-state index in [2.05, 4.69) is 26.6 Å². The quantitative estimate of drug-likeness (QED) is 0.365. The minimum absolute atomic E-state index is 0.213. The van der Waals surface area contributed by atoms with Gasteiger partial charge in [-0.15, -0.1) is 11.8 Å². The SMILES string of the molecule is CSc1cc(C(=O)CN2C(=O)NC(C)(c3ccccc3Br)C2=O)ccc1NC(C)=O. The van der Waals surface area contributed by atoms with Crippen molar-refractivity contribution in [2.45, 2.75) is 24.3 Å². The van der Waals surface area contributed by atoms with E-state index in [-0.39, 0.29) is 18.2 Å². The summed E-state index contributed by atoms with van der Waals surface area (Å²) in [6.07, 6.45) is 1.83. The summed E-state index contributed by atoms with van der Waals surface area (Å²) in [6.45, 7) is 2.65. The van der Waals surface area contributed by atoms with E-state index >= 15 is 0 Å². The standard InChI is InChI=1S/C21H20BrN3O4S/c1-12(26)23-16-9-8-13(10-18(16)30-3)17(27)11-25-19(28)21(2,24-20(25)29)14-6-4-5-7-15(14)22/h4-10H,11H2,1-3H3,(H,23,26)(H,24,29). The molecule has 0 aromatic heterocycles. The van der Waals surface area contributed by atoms with Crippen LogP contribution in [-0.2, 0) is 15.1 Å². The molecule has 1 heterocycles. The first-order valence-electron chi connectivity index (χ1n) is 9.05. The summed E-state index contributed by atoms with van der Waals surface area (Å²) in [5, 5.41) is 5.41. The van der Waals surface area contributed by atoms with Crippen LogP contribution in [0.25, 0.3) is 0 Å². The zero-order valence-corrected chi connectivity index (χ0v) is 19.0. The molecule has 4 amide bonds. The number of benzene rings is 2. The third-order valence-corrected chi connectivity index (χ3v) is 6.29. The monoisotopic (exact) mass is 489 g/mol. The summed E-state index contributed by atoms with van der Waals surface area (Å²) in [4.78, 5) is 51.4. The topological polar surface area (TPSA) is 95.6 Å². The van der Waals surface area contributed by atoms with Gasteiger partial charge in [0.05, 0.1) is 12.2 Å². The maximum Gasteiger partial charge on any atom is 0.325 e. The highest BCUT2D eigenvalue weighted by Gasteiger charge is 2.50. The lowest BCUT2D eigenvalue weighted by atomic mass is 9.92. The first-order valence-corrected chi connectivity index (χ1v) is 11.1. The molecule has 30 heavy (non-hydrogen) atoms. The Morgan fingerprint density at radius 1 is 1.20 bits per heavy atom. The van der Waals surface area contributed by atoms with Crippen molar-refractivity contribution in [2.75, 3.05) is 18.1 Å². The van der Waals surface area contributed by atoms with Crippen LogP contribution in [0.15, 0.2) is 51.8 Å². The molecule has 1 atom stereocenters. The smallest absolute Gasteiger partial charge is 0.325 e. The fraction of sp³-hybridized carbons (Fsp3) is 0.238. The van der Waals surface area contributed by atoms with E-state index in [0.717, 1.165) is 4.90 Å². The van der Waals surface area contributed by atoms with Gasteiger partial charge in [0.1, 0.15) is 5.54 Å². The van der Waals surface area contributed by atoms with Crippen LogP contribution in [0.2, 0.25) is 0 Å². The number of carbonyl (C=O) groups is 4. The number of imide groups is 1. The number of rotatable bonds is 6. The molecule has 0 saturated carbocycles. The number of carbonyl (C=O) groups excluding carboxylic acids is 4. The Bertz CT molecular complexity index is 1060. The van der Waals surface area contributed by atoms with Gasteiger partial charge in [-0.2, -0.15) is 0 Å². The van der Waals surface area contributed by atoms with Crippen LogP contribution >= 0.6 is 27.7 Å². The third kappa shape index (κ3) is 4.13. The molecule has 1 fully saturated rings. The van der Waals surface area contributed by atoms with Crippen LogP contribution in [0.1, 0.15) is 29.8 Å². The van der Waals surface area contributed by atoms with Gasteiger partial charge in [-0.05, 0) is 37.4 Å². The van der Waals surface area contributed by atoms with Gasteiger partial charge in [0.25, 0.3) is 5.91 Å². The molecule has 2 N–H and O–H groups in total. The molecule has 2 aromatic rings. The Kier molecular flexibility index (Phi) is 6.33. The van der Waals surface area contributed by atoms with Crippen molar-refractivity contribution in [3.05, 3.63) is 58.1 Å². The van der Waals surface area contributed by atoms with Crippen LogP contribution in [0.3, 0.4) is 0 Å². The summed E-state index contributed by atoms with van der Waals surface area (Å²) in [5.41, 5.74) is 0.297. The second-order valence-electron chi connectivity index (χ2n) is 6.95. The van der Waals surface area contributed by atoms with Crippen molar-refractivity contribution in [3.63, 3.8) is 0 Å². The predicted octanol–water partition coefficient (Wildman–Crippen LogP) is 3.78. The van der Waals surface area contributed by atoms with Crippen molar-refractivity contribution in [3.8, 4) is 0 Å². The molecule has 2 aromatic carbocycles. The first kappa shape index (κ1) is 22.0. The van der Waals surface area contributed by atoms with Crippen molar-refractivity contribution in [2.24, 2.45) is 0 Å². The normalized spacial score (nSPS) is 18.3. The number of Topliss-reactive ketones (excluding diaryl/α,β-unsaturated/α-hetero) is 1. The number of thioether (sulfide) groups is 1. The van der Waals surface area contributed by atoms with Crippen molar-refractivity contribution in [1.82, 2.24) is 10.2 Å². The van der Waals surface area contributed by atoms with E-state index < -0.39 is 17.5 Å². The van der Waals surface area contributed by atoms with Gasteiger partial charge >= 0.3 is 6.03 Å². The fourth-order valence-corrected chi connectivity index (χ4v) is 4.55. The number of hydrogen-bond acceptors (Lipinski definition) is 5. The highest BCUT2D eigenvalue weighted by atomic mass is 79.9. The summed E-state index contributed by atoms with van der Waals surface area (Å²) < 4.78 is 0.687. The van der Waals surface area contributed by atoms with Crippen LogP contribution in [0.4, 0.5) is 10.5 Å². The Labute approximate surface area is 186 Å². The Balaban J connectivity index is 1.83. The summed E-state index contributed by atoms with van der Waals surface area (Å²) >= 11 is 4.79. The minimum atomic E-state index is -1.27. The van der Waals surface area contributed by atoms with Crippen molar-refractivity contribution in [1.29, 1.82) is 0 Å². The second-order valence-corrected chi connectivity index (χ2v) is 8.65. The van der Waals surface area contributed by atoms with Gasteiger partial charge < -0.3 is 10.6 Å². The molecule has 9 heteroatoms. The van der Waals surface area contributed by atoms with E-state index in [1.807, 2.05) is 12.3 Å². The molecule has 156 valence electrons. The Hall–Kier alpha value is -2.65. The summed E-state index contributed by atoms with van der Waals surface area (Å²) in [7, 11) is 0. The summed E-state index contributed by atoms with van der Waals surface area (Å²) in [5.74, 6) is -1.08. The molecule has 1 aliphatic heterocycles. The van der Waals surface area contributed by atoms with E-state index in [1.165, 1.54) is 18.7 Å². The molecular formula is C21H20BrN3O4S. The second kappa shape index (κ2) is 8.61. The molecule has 1 saturated heterocycles. The van der Waals surface area contributed by atoms with Gasteiger partial charge in [-0.25, -0.2) is 4.79 Å². The van der Waals surface area contributed by atoms with E-state index in [4.69, 9.17) is 0 Å². The number of ketones is 1. The lowest BCUT2D eigenvalue weighted by Crippen LogP contribution is -2.41. The first-order chi connectivity index (χ1) is 14.2. The molecule has 0 spiro atoms.